The van der Waals surface area contributed by atoms with Gasteiger partial charge in [-0.15, -0.1) is 0 Å². The van der Waals surface area contributed by atoms with Gasteiger partial charge in [0.05, 0.1) is 11.4 Å². The molecule has 0 spiro atoms. The Hall–Kier alpha value is -1.42. The summed E-state index contributed by atoms with van der Waals surface area (Å²) in [5.41, 5.74) is 8.71. The zero-order chi connectivity index (χ0) is 10.3. The van der Waals surface area contributed by atoms with E-state index in [1.165, 1.54) is 0 Å². The number of nitrogen functional groups attached to an aromatic ring is 1. The smallest absolute Gasteiger partial charge is 0.113 e. The van der Waals surface area contributed by atoms with Gasteiger partial charge in [-0.3, -0.25) is 5.01 Å². The van der Waals surface area contributed by atoms with Crippen LogP contribution in [0, 0.1) is 0 Å². The first-order chi connectivity index (χ1) is 6.66. The lowest BCUT2D eigenvalue weighted by molar-refractivity contribution is 0.647. The van der Waals surface area contributed by atoms with E-state index in [0.29, 0.717) is 0 Å². The van der Waals surface area contributed by atoms with Gasteiger partial charge in [0.1, 0.15) is 11.9 Å². The minimum absolute atomic E-state index is 0.180. The Kier molecular flexibility index (Phi) is 2.00. The summed E-state index contributed by atoms with van der Waals surface area (Å²) >= 11 is 0. The molecule has 76 valence electrons. The molecule has 1 atom stereocenters. The van der Waals surface area contributed by atoms with Crippen LogP contribution in [0.5, 0.6) is 0 Å². The summed E-state index contributed by atoms with van der Waals surface area (Å²) in [5.74, 6) is 5.97. The predicted octanol–water partition coefficient (Wildman–Crippen LogP) is 1.13. The van der Waals surface area contributed by atoms with E-state index in [2.05, 4.69) is 24.8 Å². The molecule has 2 rings (SSSR count). The van der Waals surface area contributed by atoms with Crippen LogP contribution in [0.25, 0.3) is 0 Å². The molecule has 0 saturated heterocycles. The van der Waals surface area contributed by atoms with E-state index < -0.39 is 0 Å². The van der Waals surface area contributed by atoms with Gasteiger partial charge >= 0.3 is 0 Å². The Morgan fingerprint density at radius 2 is 2.14 bits per heavy atom. The summed E-state index contributed by atoms with van der Waals surface area (Å²) < 4.78 is 0. The Morgan fingerprint density at radius 3 is 2.79 bits per heavy atom. The van der Waals surface area contributed by atoms with Crippen LogP contribution in [0.2, 0.25) is 0 Å². The van der Waals surface area contributed by atoms with Crippen molar-refractivity contribution < 1.29 is 0 Å². The summed E-state index contributed by atoms with van der Waals surface area (Å²) in [5, 5.41) is 1.73. The number of hydrogen-bond donors (Lipinski definition) is 2. The maximum atomic E-state index is 5.97. The van der Waals surface area contributed by atoms with E-state index >= 15 is 0 Å². The standard InChI is InChI=1S/C10H16N4/c1-3-13-7(2)14(12)10-8(11)5-4-6-9(10)13/h4-7H,3,11-12H2,1-2H3/t7-/m1/s1. The molecule has 0 saturated carbocycles. The number of para-hydroxylation sites is 1. The quantitative estimate of drug-likeness (QED) is 0.517. The van der Waals surface area contributed by atoms with Crippen molar-refractivity contribution in [1.82, 2.24) is 0 Å². The van der Waals surface area contributed by atoms with Crippen LogP contribution in [0.3, 0.4) is 0 Å². The second-order valence-electron chi connectivity index (χ2n) is 3.54. The molecule has 0 fully saturated rings. The Labute approximate surface area is 84.1 Å². The molecule has 0 radical (unpaired) electrons. The first-order valence-corrected chi connectivity index (χ1v) is 4.86. The number of benzene rings is 1. The second kappa shape index (κ2) is 3.06. The van der Waals surface area contributed by atoms with Gasteiger partial charge in [-0.05, 0) is 26.0 Å². The van der Waals surface area contributed by atoms with Crippen molar-refractivity contribution in [1.29, 1.82) is 0 Å². The highest BCUT2D eigenvalue weighted by molar-refractivity contribution is 5.86. The van der Waals surface area contributed by atoms with Crippen molar-refractivity contribution in [3.8, 4) is 0 Å². The monoisotopic (exact) mass is 192 g/mol. The lowest BCUT2D eigenvalue weighted by Crippen LogP contribution is -2.44. The van der Waals surface area contributed by atoms with Gasteiger partial charge in [0.2, 0.25) is 0 Å². The summed E-state index contributed by atoms with van der Waals surface area (Å²) in [6.07, 6.45) is 0.180. The van der Waals surface area contributed by atoms with E-state index in [1.54, 1.807) is 5.01 Å². The zero-order valence-corrected chi connectivity index (χ0v) is 8.57. The first kappa shape index (κ1) is 9.15. The molecule has 0 aromatic heterocycles. The molecule has 0 unspecified atom stereocenters. The third-order valence-corrected chi connectivity index (χ3v) is 2.81. The fraction of sp³-hybridized carbons (Fsp3) is 0.400. The second-order valence-corrected chi connectivity index (χ2v) is 3.54. The molecular formula is C10H16N4. The molecule has 1 aliphatic heterocycles. The van der Waals surface area contributed by atoms with Gasteiger partial charge in [0.25, 0.3) is 0 Å². The molecule has 4 nitrogen and oxygen atoms in total. The molecule has 0 amide bonds. The fourth-order valence-corrected chi connectivity index (χ4v) is 2.03. The third-order valence-electron chi connectivity index (χ3n) is 2.81. The summed E-state index contributed by atoms with van der Waals surface area (Å²) in [7, 11) is 0. The number of hydrazine groups is 1. The number of nitrogens with zero attached hydrogens (tertiary/aromatic N) is 2. The number of anilines is 3. The number of nitrogens with two attached hydrogens (primary N) is 2. The normalized spacial score (nSPS) is 20.1. The molecule has 0 bridgehead atoms. The van der Waals surface area contributed by atoms with Crippen molar-refractivity contribution >= 4 is 17.1 Å². The zero-order valence-electron chi connectivity index (χ0n) is 8.57. The number of fused-ring (bicyclic) bond motifs is 1. The molecule has 4 N–H and O–H groups in total. The average Bonchev–Trinajstić information content (AvgIpc) is 2.41. The van der Waals surface area contributed by atoms with E-state index in [-0.39, 0.29) is 6.17 Å². The van der Waals surface area contributed by atoms with E-state index in [1.807, 2.05) is 12.1 Å². The molecule has 4 heteroatoms. The Morgan fingerprint density at radius 1 is 1.43 bits per heavy atom. The molecule has 14 heavy (non-hydrogen) atoms. The lowest BCUT2D eigenvalue weighted by atomic mass is 10.2. The van der Waals surface area contributed by atoms with Gasteiger partial charge in [-0.25, -0.2) is 5.84 Å². The van der Waals surface area contributed by atoms with E-state index in [9.17, 15) is 0 Å². The van der Waals surface area contributed by atoms with Crippen LogP contribution in [0.15, 0.2) is 18.2 Å². The topological polar surface area (TPSA) is 58.5 Å². The third kappa shape index (κ3) is 1.04. The summed E-state index contributed by atoms with van der Waals surface area (Å²) in [6, 6.07) is 5.89. The minimum atomic E-state index is 0.180. The molecule has 1 aromatic rings. The van der Waals surface area contributed by atoms with Crippen LogP contribution >= 0.6 is 0 Å². The van der Waals surface area contributed by atoms with E-state index in [4.69, 9.17) is 11.6 Å². The highest BCUT2D eigenvalue weighted by atomic mass is 15.5. The minimum Gasteiger partial charge on any atom is -0.397 e. The van der Waals surface area contributed by atoms with Gasteiger partial charge in [-0.1, -0.05) is 6.07 Å². The summed E-state index contributed by atoms with van der Waals surface area (Å²) in [4.78, 5) is 2.23. The SMILES string of the molecule is CCN1c2cccc(N)c2N(N)[C@@H]1C. The predicted molar refractivity (Wildman–Crippen MR) is 60.0 cm³/mol. The van der Waals surface area contributed by atoms with Crippen LogP contribution in [0.1, 0.15) is 13.8 Å². The van der Waals surface area contributed by atoms with Crippen LogP contribution < -0.4 is 21.5 Å². The first-order valence-electron chi connectivity index (χ1n) is 4.86. The largest absolute Gasteiger partial charge is 0.397 e. The highest BCUT2D eigenvalue weighted by Gasteiger charge is 2.31. The maximum absolute atomic E-state index is 5.97. The number of hydrogen-bond acceptors (Lipinski definition) is 4. The van der Waals surface area contributed by atoms with Crippen molar-refractivity contribution in [3.63, 3.8) is 0 Å². The van der Waals surface area contributed by atoms with Gasteiger partial charge in [0.15, 0.2) is 0 Å². The summed E-state index contributed by atoms with van der Waals surface area (Å²) in [6.45, 7) is 5.12. The van der Waals surface area contributed by atoms with Gasteiger partial charge in [0, 0.05) is 6.54 Å². The highest BCUT2D eigenvalue weighted by Crippen LogP contribution is 2.41. The van der Waals surface area contributed by atoms with Gasteiger partial charge < -0.3 is 10.6 Å². The number of rotatable bonds is 1. The van der Waals surface area contributed by atoms with Gasteiger partial charge in [-0.2, -0.15) is 0 Å². The van der Waals surface area contributed by atoms with Crippen molar-refractivity contribution in [2.24, 2.45) is 5.84 Å². The van der Waals surface area contributed by atoms with Crippen molar-refractivity contribution in [2.75, 3.05) is 22.2 Å². The van der Waals surface area contributed by atoms with Crippen LogP contribution in [-0.4, -0.2) is 12.7 Å². The molecular weight excluding hydrogens is 176 g/mol. The Bertz CT molecular complexity index is 350. The molecule has 1 heterocycles. The molecule has 1 aromatic carbocycles. The van der Waals surface area contributed by atoms with Crippen LogP contribution in [-0.2, 0) is 0 Å². The maximum Gasteiger partial charge on any atom is 0.113 e. The molecule has 0 aliphatic carbocycles. The average molecular weight is 192 g/mol. The fourth-order valence-electron chi connectivity index (χ4n) is 2.03. The van der Waals surface area contributed by atoms with E-state index in [0.717, 1.165) is 23.6 Å². The molecule has 1 aliphatic rings. The van der Waals surface area contributed by atoms with Crippen molar-refractivity contribution in [2.45, 2.75) is 20.0 Å². The Balaban J connectivity index is 2.55. The lowest BCUT2D eigenvalue weighted by Gasteiger charge is -2.25. The van der Waals surface area contributed by atoms with Crippen molar-refractivity contribution in [3.05, 3.63) is 18.2 Å². The van der Waals surface area contributed by atoms with Crippen LogP contribution in [0.4, 0.5) is 17.1 Å².